The zero-order valence-corrected chi connectivity index (χ0v) is 17.8. The Balaban J connectivity index is 1.39. The summed E-state index contributed by atoms with van der Waals surface area (Å²) in [5, 5.41) is 0. The number of benzene rings is 1. The summed E-state index contributed by atoms with van der Waals surface area (Å²) in [6, 6.07) is 11.0. The molecule has 0 atom stereocenters. The molecule has 0 radical (unpaired) electrons. The van der Waals surface area contributed by atoms with Gasteiger partial charge in [0.15, 0.2) is 5.52 Å². The molecule has 162 valence electrons. The molecule has 4 heterocycles. The summed E-state index contributed by atoms with van der Waals surface area (Å²) >= 11 is 0.937. The van der Waals surface area contributed by atoms with Crippen LogP contribution in [0.25, 0.3) is 11.0 Å². The molecule has 1 aliphatic heterocycles. The molecule has 3 aromatic heterocycles. The molecular weight excluding hydrogens is 430 g/mol. The molecule has 10 nitrogen and oxygen atoms in total. The quantitative estimate of drug-likeness (QED) is 0.493. The van der Waals surface area contributed by atoms with Gasteiger partial charge in [-0.15, -0.1) is 0 Å². The number of anilines is 1. The molecule has 0 bridgehead atoms. The number of aromatic amines is 1. The van der Waals surface area contributed by atoms with Crippen LogP contribution in [0.3, 0.4) is 0 Å². The summed E-state index contributed by atoms with van der Waals surface area (Å²) in [4.78, 5) is 53.9. The van der Waals surface area contributed by atoms with Gasteiger partial charge in [0.05, 0.1) is 12.1 Å². The number of nitrogens with one attached hydrogen (secondary N) is 1. The second-order valence-electron chi connectivity index (χ2n) is 7.37. The van der Waals surface area contributed by atoms with E-state index in [9.17, 15) is 14.4 Å². The number of amides is 1. The number of fused-ring (bicyclic) bond motifs is 1. The third kappa shape index (κ3) is 3.66. The van der Waals surface area contributed by atoms with Gasteiger partial charge in [-0.1, -0.05) is 30.3 Å². The van der Waals surface area contributed by atoms with Crippen LogP contribution < -0.4 is 16.1 Å². The number of piperazine rings is 1. The number of H-pyrrole nitrogens is 1. The smallest absolute Gasteiger partial charge is 0.329 e. The van der Waals surface area contributed by atoms with Gasteiger partial charge in [0.25, 0.3) is 11.5 Å². The van der Waals surface area contributed by atoms with E-state index in [1.165, 1.54) is 0 Å². The Bertz CT molecular complexity index is 1370. The Kier molecular flexibility index (Phi) is 5.23. The van der Waals surface area contributed by atoms with Crippen molar-refractivity contribution >= 4 is 34.4 Å². The number of nitrogens with zero attached hydrogens (tertiary/aromatic N) is 6. The molecule has 5 rings (SSSR count). The second kappa shape index (κ2) is 8.35. The first kappa shape index (κ1) is 20.1. The summed E-state index contributed by atoms with van der Waals surface area (Å²) in [7, 11) is 0. The van der Waals surface area contributed by atoms with E-state index in [4.69, 9.17) is 0 Å². The van der Waals surface area contributed by atoms with Crippen molar-refractivity contribution in [3.05, 3.63) is 80.1 Å². The summed E-state index contributed by atoms with van der Waals surface area (Å²) in [5.74, 6) is 0.383. The van der Waals surface area contributed by atoms with E-state index in [1.54, 1.807) is 23.4 Å². The molecule has 1 aliphatic rings. The summed E-state index contributed by atoms with van der Waals surface area (Å²) < 4.78 is 5.30. The number of hydrogen-bond acceptors (Lipinski definition) is 8. The highest BCUT2D eigenvalue weighted by atomic mass is 32.1. The molecule has 1 amide bonds. The van der Waals surface area contributed by atoms with Gasteiger partial charge >= 0.3 is 5.69 Å². The molecule has 0 unspecified atom stereocenters. The van der Waals surface area contributed by atoms with Crippen LogP contribution in [0, 0.1) is 0 Å². The molecule has 1 saturated heterocycles. The number of hydrogen-bond donors (Lipinski definition) is 1. The van der Waals surface area contributed by atoms with Gasteiger partial charge in [0, 0.05) is 38.6 Å². The third-order valence-electron chi connectivity index (χ3n) is 5.40. The Hall–Kier alpha value is -3.86. The van der Waals surface area contributed by atoms with E-state index in [0.29, 0.717) is 32.1 Å². The molecule has 1 aromatic carbocycles. The van der Waals surface area contributed by atoms with E-state index >= 15 is 0 Å². The van der Waals surface area contributed by atoms with Crippen molar-refractivity contribution in [2.75, 3.05) is 31.1 Å². The summed E-state index contributed by atoms with van der Waals surface area (Å²) in [5.41, 5.74) is 0.0604. The maximum atomic E-state index is 13.1. The summed E-state index contributed by atoms with van der Waals surface area (Å²) in [6.45, 7) is 2.27. The van der Waals surface area contributed by atoms with Gasteiger partial charge in [-0.3, -0.25) is 14.2 Å². The molecular formula is C21H19N7O3S. The van der Waals surface area contributed by atoms with Crippen LogP contribution in [0.1, 0.15) is 15.2 Å². The Morgan fingerprint density at radius 3 is 2.44 bits per heavy atom. The molecule has 1 fully saturated rings. The lowest BCUT2D eigenvalue weighted by atomic mass is 10.2. The van der Waals surface area contributed by atoms with Crippen molar-refractivity contribution in [3.63, 3.8) is 0 Å². The van der Waals surface area contributed by atoms with Crippen molar-refractivity contribution in [3.8, 4) is 0 Å². The Labute approximate surface area is 186 Å². The lowest BCUT2D eigenvalue weighted by molar-refractivity contribution is 0.0752. The van der Waals surface area contributed by atoms with Crippen LogP contribution in [0.5, 0.6) is 0 Å². The molecule has 1 N–H and O–H groups in total. The average molecular weight is 449 g/mol. The summed E-state index contributed by atoms with van der Waals surface area (Å²) in [6.07, 6.45) is 3.37. The van der Waals surface area contributed by atoms with E-state index in [0.717, 1.165) is 21.7 Å². The standard InChI is InChI=1S/C21H19N7O3S/c29-18-16-15(24-21(31)28(18)13-14-5-2-1-3-6-14)17(32-25-16)19(30)26-9-11-27(12-10-26)20-22-7-4-8-23-20/h1-8H,9-13H2,(H,24,31). The zero-order chi connectivity index (χ0) is 22.1. The SMILES string of the molecule is O=C(c1snc2c(=O)n(Cc3ccccc3)c(=O)[nH]c12)N1CCN(c2ncccn2)CC1. The van der Waals surface area contributed by atoms with Gasteiger partial charge in [0.1, 0.15) is 4.88 Å². The lowest BCUT2D eigenvalue weighted by Crippen LogP contribution is -2.49. The van der Waals surface area contributed by atoms with Gasteiger partial charge < -0.3 is 14.8 Å². The minimum Gasteiger partial charge on any atom is -0.337 e. The topological polar surface area (TPSA) is 117 Å². The van der Waals surface area contributed by atoms with Crippen LogP contribution >= 0.6 is 11.5 Å². The highest BCUT2D eigenvalue weighted by molar-refractivity contribution is 7.09. The highest BCUT2D eigenvalue weighted by Crippen LogP contribution is 2.20. The molecule has 11 heteroatoms. The first-order valence-corrected chi connectivity index (χ1v) is 10.9. The maximum absolute atomic E-state index is 13.1. The zero-order valence-electron chi connectivity index (χ0n) is 17.0. The number of carbonyl (C=O) groups excluding carboxylic acids is 1. The predicted octanol–water partition coefficient (Wildman–Crippen LogP) is 0.947. The lowest BCUT2D eigenvalue weighted by Gasteiger charge is -2.34. The minimum absolute atomic E-state index is 0.102. The fraction of sp³-hybridized carbons (Fsp3) is 0.238. The van der Waals surface area contributed by atoms with Gasteiger partial charge in [-0.2, -0.15) is 4.37 Å². The Morgan fingerprint density at radius 1 is 1.00 bits per heavy atom. The van der Waals surface area contributed by atoms with Crippen molar-refractivity contribution < 1.29 is 4.79 Å². The Morgan fingerprint density at radius 2 is 1.72 bits per heavy atom. The molecule has 32 heavy (non-hydrogen) atoms. The van der Waals surface area contributed by atoms with Crippen molar-refractivity contribution in [2.45, 2.75) is 6.54 Å². The molecule has 4 aromatic rings. The van der Waals surface area contributed by atoms with Crippen molar-refractivity contribution in [1.82, 2.24) is 28.8 Å². The van der Waals surface area contributed by atoms with Crippen molar-refractivity contribution in [2.24, 2.45) is 0 Å². The number of rotatable bonds is 4. The fourth-order valence-corrected chi connectivity index (χ4v) is 4.51. The van der Waals surface area contributed by atoms with Crippen molar-refractivity contribution in [1.29, 1.82) is 0 Å². The van der Waals surface area contributed by atoms with E-state index in [1.807, 2.05) is 35.2 Å². The van der Waals surface area contributed by atoms with Crippen LogP contribution in [-0.4, -0.2) is 60.9 Å². The number of carbonyl (C=O) groups is 1. The largest absolute Gasteiger partial charge is 0.337 e. The monoisotopic (exact) mass is 449 g/mol. The van der Waals surface area contributed by atoms with E-state index in [2.05, 4.69) is 19.3 Å². The predicted molar refractivity (Wildman–Crippen MR) is 120 cm³/mol. The number of aromatic nitrogens is 5. The van der Waals surface area contributed by atoms with Gasteiger partial charge in [0.2, 0.25) is 5.95 Å². The first-order chi connectivity index (χ1) is 15.6. The molecule has 0 saturated carbocycles. The van der Waals surface area contributed by atoms with E-state index in [-0.39, 0.29) is 28.4 Å². The van der Waals surface area contributed by atoms with Crippen LogP contribution in [-0.2, 0) is 6.54 Å². The second-order valence-corrected chi connectivity index (χ2v) is 8.14. The maximum Gasteiger partial charge on any atom is 0.329 e. The van der Waals surface area contributed by atoms with Gasteiger partial charge in [-0.05, 0) is 23.2 Å². The van der Waals surface area contributed by atoms with Crippen LogP contribution in [0.2, 0.25) is 0 Å². The third-order valence-corrected chi connectivity index (χ3v) is 6.23. The van der Waals surface area contributed by atoms with Crippen LogP contribution in [0.15, 0.2) is 58.4 Å². The fourth-order valence-electron chi connectivity index (χ4n) is 3.71. The molecule has 0 aliphatic carbocycles. The van der Waals surface area contributed by atoms with Gasteiger partial charge in [-0.25, -0.2) is 14.8 Å². The normalized spacial score (nSPS) is 14.1. The minimum atomic E-state index is -0.563. The molecule has 0 spiro atoms. The van der Waals surface area contributed by atoms with Crippen LogP contribution in [0.4, 0.5) is 5.95 Å². The highest BCUT2D eigenvalue weighted by Gasteiger charge is 2.27. The average Bonchev–Trinajstić information content (AvgIpc) is 3.26. The van der Waals surface area contributed by atoms with E-state index < -0.39 is 11.2 Å². The first-order valence-electron chi connectivity index (χ1n) is 10.1.